The Kier molecular flexibility index (Phi) is 4.20. The lowest BCUT2D eigenvalue weighted by molar-refractivity contribution is 0.720. The van der Waals surface area contributed by atoms with Crippen LogP contribution in [0.2, 0.25) is 0 Å². The topological polar surface area (TPSA) is 26.0 Å². The van der Waals surface area contributed by atoms with Crippen LogP contribution in [0.3, 0.4) is 0 Å². The lowest BCUT2D eigenvalue weighted by atomic mass is 9.97. The van der Waals surface area contributed by atoms with Crippen LogP contribution in [0.4, 0.5) is 0 Å². The van der Waals surface area contributed by atoms with Gasteiger partial charge >= 0.3 is 0 Å². The molecule has 2 aromatic rings. The van der Waals surface area contributed by atoms with Gasteiger partial charge in [-0.2, -0.15) is 0 Å². The van der Waals surface area contributed by atoms with Crippen molar-refractivity contribution in [2.75, 3.05) is 0 Å². The maximum atomic E-state index is 6.29. The third-order valence-corrected chi connectivity index (χ3v) is 3.49. The summed E-state index contributed by atoms with van der Waals surface area (Å²) in [4.78, 5) is 0. The molecule has 0 aromatic heterocycles. The fraction of sp³-hybridized carbons (Fsp3) is 0.250. The number of benzene rings is 2. The van der Waals surface area contributed by atoms with Crippen molar-refractivity contribution in [3.8, 4) is 0 Å². The highest BCUT2D eigenvalue weighted by Gasteiger charge is 2.08. The van der Waals surface area contributed by atoms with Gasteiger partial charge in [0.15, 0.2) is 0 Å². The lowest BCUT2D eigenvalue weighted by Crippen LogP contribution is -2.13. The van der Waals surface area contributed by atoms with Gasteiger partial charge in [0.05, 0.1) is 0 Å². The minimum absolute atomic E-state index is 0.0444. The van der Waals surface area contributed by atoms with Crippen LogP contribution in [0, 0.1) is 13.8 Å². The molecule has 2 N–H and O–H groups in total. The Morgan fingerprint density at radius 1 is 1.06 bits per heavy atom. The first-order chi connectivity index (χ1) is 8.54. The Hall–Kier alpha value is -1.12. The Labute approximate surface area is 117 Å². The van der Waals surface area contributed by atoms with Crippen LogP contribution in [0.5, 0.6) is 0 Å². The van der Waals surface area contributed by atoms with Crippen LogP contribution in [-0.2, 0) is 6.42 Å². The normalized spacial score (nSPS) is 12.4. The summed E-state index contributed by atoms with van der Waals surface area (Å²) in [6, 6.07) is 14.9. The molecule has 2 aromatic carbocycles. The number of halogens is 1. The first-order valence-electron chi connectivity index (χ1n) is 6.13. The largest absolute Gasteiger partial charge is 0.324 e. The van der Waals surface area contributed by atoms with Gasteiger partial charge in [-0.15, -0.1) is 0 Å². The molecule has 0 fully saturated rings. The molecule has 1 atom stereocenters. The summed E-state index contributed by atoms with van der Waals surface area (Å²) in [6.07, 6.45) is 0.873. The zero-order chi connectivity index (χ0) is 13.1. The summed E-state index contributed by atoms with van der Waals surface area (Å²) in [5.74, 6) is 0. The summed E-state index contributed by atoms with van der Waals surface area (Å²) >= 11 is 3.52. The summed E-state index contributed by atoms with van der Waals surface area (Å²) in [5, 5.41) is 0. The van der Waals surface area contributed by atoms with E-state index in [2.05, 4.69) is 72.2 Å². The standard InChI is InChI=1S/C16H18BrN/c1-11-4-3-5-13(6-11)9-16(18)14-7-12(2)8-15(17)10-14/h3-8,10,16H,9,18H2,1-2H3. The molecule has 0 bridgehead atoms. The van der Waals surface area contributed by atoms with Gasteiger partial charge < -0.3 is 5.73 Å². The molecule has 1 nitrogen and oxygen atoms in total. The monoisotopic (exact) mass is 303 g/mol. The summed E-state index contributed by atoms with van der Waals surface area (Å²) in [6.45, 7) is 4.20. The van der Waals surface area contributed by atoms with Gasteiger partial charge in [0.25, 0.3) is 0 Å². The maximum Gasteiger partial charge on any atom is 0.0336 e. The maximum absolute atomic E-state index is 6.29. The minimum atomic E-state index is 0.0444. The molecule has 0 aliphatic heterocycles. The highest BCUT2D eigenvalue weighted by molar-refractivity contribution is 9.10. The second-order valence-corrected chi connectivity index (χ2v) is 5.78. The second kappa shape index (κ2) is 5.68. The molecular weight excluding hydrogens is 286 g/mol. The van der Waals surface area contributed by atoms with Crippen molar-refractivity contribution in [3.63, 3.8) is 0 Å². The Morgan fingerprint density at radius 2 is 1.83 bits per heavy atom. The van der Waals surface area contributed by atoms with Crippen molar-refractivity contribution in [2.45, 2.75) is 26.3 Å². The summed E-state index contributed by atoms with van der Waals surface area (Å²) < 4.78 is 1.09. The third-order valence-electron chi connectivity index (χ3n) is 3.03. The van der Waals surface area contributed by atoms with Gasteiger partial charge in [0.2, 0.25) is 0 Å². The molecule has 0 amide bonds. The highest BCUT2D eigenvalue weighted by Crippen LogP contribution is 2.22. The molecule has 94 valence electrons. The van der Waals surface area contributed by atoms with E-state index >= 15 is 0 Å². The number of nitrogens with two attached hydrogens (primary N) is 1. The van der Waals surface area contributed by atoms with E-state index in [4.69, 9.17) is 5.73 Å². The van der Waals surface area contributed by atoms with E-state index in [1.807, 2.05) is 0 Å². The number of rotatable bonds is 3. The number of aryl methyl sites for hydroxylation is 2. The molecule has 0 heterocycles. The van der Waals surface area contributed by atoms with Crippen molar-refractivity contribution >= 4 is 15.9 Å². The summed E-state index contributed by atoms with van der Waals surface area (Å²) in [7, 11) is 0. The molecule has 1 unspecified atom stereocenters. The Morgan fingerprint density at radius 3 is 2.50 bits per heavy atom. The highest BCUT2D eigenvalue weighted by atomic mass is 79.9. The predicted octanol–water partition coefficient (Wildman–Crippen LogP) is 4.31. The van der Waals surface area contributed by atoms with E-state index in [0.29, 0.717) is 0 Å². The van der Waals surface area contributed by atoms with Gasteiger partial charge in [0.1, 0.15) is 0 Å². The van der Waals surface area contributed by atoms with Gasteiger partial charge in [0, 0.05) is 10.5 Å². The van der Waals surface area contributed by atoms with E-state index in [1.54, 1.807) is 0 Å². The summed E-state index contributed by atoms with van der Waals surface area (Å²) in [5.41, 5.74) is 11.3. The zero-order valence-corrected chi connectivity index (χ0v) is 12.4. The third kappa shape index (κ3) is 3.44. The predicted molar refractivity (Wildman–Crippen MR) is 80.7 cm³/mol. The zero-order valence-electron chi connectivity index (χ0n) is 10.8. The van der Waals surface area contributed by atoms with Crippen LogP contribution in [0.15, 0.2) is 46.9 Å². The second-order valence-electron chi connectivity index (χ2n) is 4.86. The first kappa shape index (κ1) is 13.3. The van der Waals surface area contributed by atoms with Crippen LogP contribution in [0.25, 0.3) is 0 Å². The molecule has 2 rings (SSSR count). The number of hydrogen-bond acceptors (Lipinski definition) is 1. The molecular formula is C16H18BrN. The van der Waals surface area contributed by atoms with Crippen LogP contribution in [-0.4, -0.2) is 0 Å². The molecule has 0 saturated heterocycles. The van der Waals surface area contributed by atoms with Gasteiger partial charge in [-0.05, 0) is 49.1 Å². The molecule has 0 saturated carbocycles. The van der Waals surface area contributed by atoms with E-state index in [0.717, 1.165) is 10.9 Å². The minimum Gasteiger partial charge on any atom is -0.324 e. The molecule has 18 heavy (non-hydrogen) atoms. The van der Waals surface area contributed by atoms with Crippen LogP contribution >= 0.6 is 15.9 Å². The Bertz CT molecular complexity index is 528. The Balaban J connectivity index is 2.19. The van der Waals surface area contributed by atoms with Crippen molar-refractivity contribution < 1.29 is 0 Å². The average molecular weight is 304 g/mol. The van der Waals surface area contributed by atoms with Crippen LogP contribution in [0.1, 0.15) is 28.3 Å². The van der Waals surface area contributed by atoms with Crippen molar-refractivity contribution in [1.82, 2.24) is 0 Å². The van der Waals surface area contributed by atoms with Crippen molar-refractivity contribution in [3.05, 3.63) is 69.2 Å². The fourth-order valence-corrected chi connectivity index (χ4v) is 2.82. The quantitative estimate of drug-likeness (QED) is 0.898. The smallest absolute Gasteiger partial charge is 0.0336 e. The first-order valence-corrected chi connectivity index (χ1v) is 6.92. The van der Waals surface area contributed by atoms with Crippen molar-refractivity contribution in [1.29, 1.82) is 0 Å². The molecule has 0 aliphatic carbocycles. The van der Waals surface area contributed by atoms with Gasteiger partial charge in [-0.1, -0.05) is 51.8 Å². The number of hydrogen-bond donors (Lipinski definition) is 1. The van der Waals surface area contributed by atoms with E-state index in [-0.39, 0.29) is 6.04 Å². The van der Waals surface area contributed by atoms with E-state index in [1.165, 1.54) is 22.3 Å². The van der Waals surface area contributed by atoms with Crippen LogP contribution < -0.4 is 5.73 Å². The van der Waals surface area contributed by atoms with Gasteiger partial charge in [-0.3, -0.25) is 0 Å². The van der Waals surface area contributed by atoms with Crippen molar-refractivity contribution in [2.24, 2.45) is 5.73 Å². The molecule has 0 spiro atoms. The van der Waals surface area contributed by atoms with E-state index in [9.17, 15) is 0 Å². The van der Waals surface area contributed by atoms with E-state index < -0.39 is 0 Å². The molecule has 0 aliphatic rings. The average Bonchev–Trinajstić information content (AvgIpc) is 2.27. The SMILES string of the molecule is Cc1cccc(CC(N)c2cc(C)cc(Br)c2)c1. The molecule has 0 radical (unpaired) electrons. The fourth-order valence-electron chi connectivity index (χ4n) is 2.19. The lowest BCUT2D eigenvalue weighted by Gasteiger charge is -2.14. The molecule has 2 heteroatoms. The van der Waals surface area contributed by atoms with Gasteiger partial charge in [-0.25, -0.2) is 0 Å².